The summed E-state index contributed by atoms with van der Waals surface area (Å²) in [6, 6.07) is 18.3. The first-order valence-electron chi connectivity index (χ1n) is 27.1. The van der Waals surface area contributed by atoms with Gasteiger partial charge < -0.3 is 49.6 Å². The predicted octanol–water partition coefficient (Wildman–Crippen LogP) is 10.1. The number of carboxylic acid groups (broad SMARTS) is 1. The van der Waals surface area contributed by atoms with Gasteiger partial charge in [-0.15, -0.1) is 0 Å². The molecule has 8 aromatic rings. The van der Waals surface area contributed by atoms with E-state index >= 15 is 0 Å². The van der Waals surface area contributed by atoms with Gasteiger partial charge in [-0.1, -0.05) is 0 Å². The van der Waals surface area contributed by atoms with E-state index in [0.29, 0.717) is 80.3 Å². The lowest BCUT2D eigenvalue weighted by Gasteiger charge is -2.21. The highest BCUT2D eigenvalue weighted by atomic mass is 79.9. The highest BCUT2D eigenvalue weighted by Gasteiger charge is 2.23. The third kappa shape index (κ3) is 16.7. The van der Waals surface area contributed by atoms with Crippen molar-refractivity contribution in [1.82, 2.24) is 45.2 Å². The highest BCUT2D eigenvalue weighted by molar-refractivity contribution is 9.10. The molecular weight excluding hydrogens is 1140 g/mol. The molecular formula is C62H69BrN12O9. The van der Waals surface area contributed by atoms with Crippen molar-refractivity contribution >= 4 is 45.2 Å². The summed E-state index contributed by atoms with van der Waals surface area (Å²) in [5, 5.41) is 12.5. The van der Waals surface area contributed by atoms with Gasteiger partial charge in [0.05, 0.1) is 115 Å². The van der Waals surface area contributed by atoms with Gasteiger partial charge in [0.15, 0.2) is 11.5 Å². The number of rotatable bonds is 16. The fraction of sp³-hybridized carbons (Fsp3) is 0.306. The van der Waals surface area contributed by atoms with Crippen LogP contribution >= 0.6 is 15.9 Å². The first-order chi connectivity index (χ1) is 40.7. The molecule has 0 aliphatic carbocycles. The van der Waals surface area contributed by atoms with Gasteiger partial charge in [-0.05, 0) is 147 Å². The van der Waals surface area contributed by atoms with Crippen LogP contribution in [0.15, 0.2) is 121 Å². The van der Waals surface area contributed by atoms with Gasteiger partial charge in [-0.3, -0.25) is 34.7 Å². The maximum absolute atomic E-state index is 13.3. The molecule has 10 rings (SSSR count). The first kappa shape index (κ1) is 62.5. The van der Waals surface area contributed by atoms with Gasteiger partial charge in [-0.2, -0.15) is 0 Å². The summed E-state index contributed by atoms with van der Waals surface area (Å²) in [5.74, 6) is 0.572. The van der Waals surface area contributed by atoms with Crippen LogP contribution in [-0.2, 0) is 17.8 Å². The van der Waals surface area contributed by atoms with Crippen LogP contribution in [0.25, 0.3) is 33.8 Å². The van der Waals surface area contributed by atoms with Crippen LogP contribution in [0.2, 0.25) is 0 Å². The van der Waals surface area contributed by atoms with E-state index in [0.717, 1.165) is 102 Å². The molecule has 10 heterocycles. The van der Waals surface area contributed by atoms with Gasteiger partial charge in [0, 0.05) is 92.8 Å². The minimum atomic E-state index is -0.916. The molecule has 21 nitrogen and oxygen atoms in total. The van der Waals surface area contributed by atoms with Crippen molar-refractivity contribution in [3.63, 3.8) is 0 Å². The lowest BCUT2D eigenvalue weighted by molar-refractivity contribution is 0.0524. The van der Waals surface area contributed by atoms with Crippen LogP contribution in [-0.4, -0.2) is 124 Å². The Kier molecular flexibility index (Phi) is 22.9. The molecule has 0 radical (unpaired) electrons. The number of pyridine rings is 8. The quantitative estimate of drug-likeness (QED) is 0.0759. The van der Waals surface area contributed by atoms with E-state index in [9.17, 15) is 19.5 Å². The van der Waals surface area contributed by atoms with Gasteiger partial charge in [-0.25, -0.2) is 19.6 Å². The lowest BCUT2D eigenvalue weighted by atomic mass is 10.1. The molecule has 4 N–H and O–H groups in total. The zero-order chi connectivity index (χ0) is 60.1. The predicted molar refractivity (Wildman–Crippen MR) is 324 cm³/mol. The number of carbonyl (C=O) groups excluding carboxylic acids is 2. The number of amides is 1. The molecule has 2 aliphatic heterocycles. The second-order valence-electron chi connectivity index (χ2n) is 19.3. The van der Waals surface area contributed by atoms with Crippen molar-refractivity contribution in [3.05, 3.63) is 166 Å². The Morgan fingerprint density at radius 3 is 1.43 bits per heavy atom. The molecule has 1 amide bonds. The maximum Gasteiger partial charge on any atom is 0.339 e. The molecule has 0 saturated carbocycles. The van der Waals surface area contributed by atoms with Crippen LogP contribution in [0.4, 0.5) is 11.4 Å². The molecule has 84 heavy (non-hydrogen) atoms. The number of nitrogens with two attached hydrogens (primary N) is 1. The number of ether oxygens (including phenoxy) is 5. The van der Waals surface area contributed by atoms with E-state index in [1.165, 1.54) is 7.11 Å². The van der Waals surface area contributed by atoms with Crippen molar-refractivity contribution in [2.75, 3.05) is 71.0 Å². The standard InChI is InChI=1S/C24H27N5O3.C16H17N3O2.C14H13BrN2O2.C8H12N2O2/c1-16-10-17(13-25-12-16)20-11-19(21(15-26-20)29-8-4-5-9-29)23(30)27-14-18-6-7-22(31-2)24(28-18)32-3;1-11-6-12(9-17-8-11)14-7-13(16(20)21)15(10-18-14)19-4-2-3-5-19;1-3-19-14(18)11-5-13(17-8-12(11)15)10-4-9(2)6-16-7-10;1-11-7-4-3-6(5-9)10-8(7)12-2/h6-7,10-13,15H,4-5,8-9,14H2,1-3H3,(H,27,30);6-10H,2-5H2,1H3,(H,20,21);4-8H,3H2,1-2H3;3-4H,5,9H2,1-2H3. The lowest BCUT2D eigenvalue weighted by Crippen LogP contribution is -2.27. The van der Waals surface area contributed by atoms with Crippen LogP contribution in [0.5, 0.6) is 23.3 Å². The summed E-state index contributed by atoms with van der Waals surface area (Å²) in [7, 11) is 6.21. The molecule has 0 aromatic carbocycles. The van der Waals surface area contributed by atoms with Crippen molar-refractivity contribution in [3.8, 4) is 57.0 Å². The van der Waals surface area contributed by atoms with Crippen LogP contribution < -0.4 is 39.8 Å². The summed E-state index contributed by atoms with van der Waals surface area (Å²) < 4.78 is 26.1. The van der Waals surface area contributed by atoms with Gasteiger partial charge in [0.1, 0.15) is 0 Å². The van der Waals surface area contributed by atoms with Crippen molar-refractivity contribution in [2.24, 2.45) is 5.73 Å². The van der Waals surface area contributed by atoms with Gasteiger partial charge in [0.2, 0.25) is 0 Å². The second kappa shape index (κ2) is 30.8. The highest BCUT2D eigenvalue weighted by Crippen LogP contribution is 2.31. The van der Waals surface area contributed by atoms with Crippen molar-refractivity contribution in [1.29, 1.82) is 0 Å². The number of methoxy groups -OCH3 is 4. The van der Waals surface area contributed by atoms with Crippen LogP contribution in [0.3, 0.4) is 0 Å². The maximum atomic E-state index is 13.3. The summed E-state index contributed by atoms with van der Waals surface area (Å²) in [4.78, 5) is 75.4. The second-order valence-corrected chi connectivity index (χ2v) is 20.2. The van der Waals surface area contributed by atoms with E-state index < -0.39 is 5.97 Å². The average Bonchev–Trinajstić information content (AvgIpc) is 4.40. The number of carbonyl (C=O) groups is 3. The van der Waals surface area contributed by atoms with Gasteiger partial charge in [0.25, 0.3) is 17.7 Å². The number of anilines is 2. The zero-order valence-electron chi connectivity index (χ0n) is 48.4. The Hall–Kier alpha value is -9.15. The molecule has 0 atom stereocenters. The molecule has 8 aromatic heterocycles. The summed E-state index contributed by atoms with van der Waals surface area (Å²) in [6.45, 7) is 12.3. The number of halogens is 1. The summed E-state index contributed by atoms with van der Waals surface area (Å²) >= 11 is 3.31. The monoisotopic (exact) mass is 1200 g/mol. The molecule has 22 heteroatoms. The van der Waals surface area contributed by atoms with E-state index in [1.54, 1.807) is 120 Å². The molecule has 438 valence electrons. The summed E-state index contributed by atoms with van der Waals surface area (Å²) in [5.41, 5.74) is 17.6. The number of hydrogen-bond donors (Lipinski definition) is 3. The first-order valence-corrected chi connectivity index (χ1v) is 27.9. The van der Waals surface area contributed by atoms with Gasteiger partial charge >= 0.3 is 11.9 Å². The molecule has 2 aliphatic rings. The third-order valence-corrected chi connectivity index (χ3v) is 13.9. The number of aromatic nitrogens is 8. The minimum Gasteiger partial charge on any atom is -0.491 e. The summed E-state index contributed by atoms with van der Waals surface area (Å²) in [6.07, 6.45) is 20.0. The topological polar surface area (TPSA) is 265 Å². The Labute approximate surface area is 497 Å². The van der Waals surface area contributed by atoms with E-state index in [1.807, 2.05) is 45.0 Å². The van der Waals surface area contributed by atoms with Crippen LogP contribution in [0.1, 0.15) is 91.8 Å². The van der Waals surface area contributed by atoms with Crippen LogP contribution in [0, 0.1) is 20.8 Å². The SMILES string of the molecule is CCOC(=O)c1cc(-c2cncc(C)c2)ncc1Br.COc1ccc(CN)nc1OC.COc1ccc(CNC(=O)c2cc(-c3cncc(C)c3)ncc2N2CCCC2)nc1OC.Cc1cncc(-c2cc(C(=O)O)c(N3CCCC3)cn2)c1. The van der Waals surface area contributed by atoms with E-state index in [-0.39, 0.29) is 18.4 Å². The number of aryl methyl sites for hydroxylation is 3. The minimum absolute atomic E-state index is 0.173. The third-order valence-electron chi connectivity index (χ3n) is 13.2. The van der Waals surface area contributed by atoms with E-state index in [2.05, 4.69) is 70.9 Å². The fourth-order valence-electron chi connectivity index (χ4n) is 9.05. The number of carboxylic acids is 1. The number of aromatic carboxylic acids is 1. The van der Waals surface area contributed by atoms with Crippen molar-refractivity contribution in [2.45, 2.75) is 66.5 Å². The molecule has 0 unspecified atom stereocenters. The van der Waals surface area contributed by atoms with Crippen molar-refractivity contribution < 1.29 is 43.2 Å². The number of nitrogens with zero attached hydrogens (tertiary/aromatic N) is 10. The number of esters is 1. The Balaban J connectivity index is 0.000000170. The molecule has 0 bridgehead atoms. The molecule has 2 saturated heterocycles. The average molecular weight is 1210 g/mol. The number of nitrogens with one attached hydrogen (secondary N) is 1. The Morgan fingerprint density at radius 2 is 1.00 bits per heavy atom. The smallest absolute Gasteiger partial charge is 0.339 e. The molecule has 0 spiro atoms. The van der Waals surface area contributed by atoms with E-state index in [4.69, 9.17) is 29.4 Å². The zero-order valence-corrected chi connectivity index (χ0v) is 50.0. The number of hydrogen-bond acceptors (Lipinski definition) is 19. The largest absolute Gasteiger partial charge is 0.491 e. The fourth-order valence-corrected chi connectivity index (χ4v) is 9.42. The molecule has 2 fully saturated rings. The normalized spacial score (nSPS) is 12.3. The Bertz CT molecular complexity index is 3540. The Morgan fingerprint density at radius 1 is 0.571 bits per heavy atom.